The summed E-state index contributed by atoms with van der Waals surface area (Å²) in [5.74, 6) is -0.0450. The van der Waals surface area contributed by atoms with Gasteiger partial charge >= 0.3 is 12.0 Å². The van der Waals surface area contributed by atoms with Crippen LogP contribution >= 0.6 is 0 Å². The first-order valence-electron chi connectivity index (χ1n) is 10.0. The van der Waals surface area contributed by atoms with Crippen LogP contribution in [-0.4, -0.2) is 67.0 Å². The Morgan fingerprint density at radius 1 is 1.10 bits per heavy atom. The van der Waals surface area contributed by atoms with Gasteiger partial charge in [0.2, 0.25) is 5.91 Å². The van der Waals surface area contributed by atoms with E-state index in [4.69, 9.17) is 9.47 Å². The number of carbonyl (C=O) groups excluding carboxylic acids is 4. The fourth-order valence-electron chi connectivity index (χ4n) is 3.88. The first-order chi connectivity index (χ1) is 14.4. The molecule has 2 aliphatic heterocycles. The average molecular weight is 417 g/mol. The van der Waals surface area contributed by atoms with Gasteiger partial charge in [-0.15, -0.1) is 0 Å². The predicted octanol–water partition coefficient (Wildman–Crippen LogP) is 1.31. The van der Waals surface area contributed by atoms with Crippen LogP contribution in [0, 0.1) is 5.92 Å². The Hall–Kier alpha value is -3.10. The number of amides is 4. The van der Waals surface area contributed by atoms with Crippen LogP contribution in [0.25, 0.3) is 0 Å². The average Bonchev–Trinajstić information content (AvgIpc) is 3.01. The number of methoxy groups -OCH3 is 2. The summed E-state index contributed by atoms with van der Waals surface area (Å²) in [5, 5.41) is 2.61. The molecule has 30 heavy (non-hydrogen) atoms. The minimum absolute atomic E-state index is 0.0747. The van der Waals surface area contributed by atoms with Crippen LogP contribution in [0.4, 0.5) is 4.79 Å². The molecule has 0 unspecified atom stereocenters. The molecule has 2 aliphatic rings. The molecule has 1 atom stereocenters. The summed E-state index contributed by atoms with van der Waals surface area (Å²) >= 11 is 0. The van der Waals surface area contributed by atoms with Gasteiger partial charge in [0, 0.05) is 25.1 Å². The first-order valence-corrected chi connectivity index (χ1v) is 10.0. The summed E-state index contributed by atoms with van der Waals surface area (Å²) in [7, 11) is 2.89. The quantitative estimate of drug-likeness (QED) is 0.530. The molecule has 0 aliphatic carbocycles. The Morgan fingerprint density at radius 2 is 1.80 bits per heavy atom. The minimum atomic E-state index is -0.868. The number of imide groups is 1. The summed E-state index contributed by atoms with van der Waals surface area (Å²) in [5.41, 5.74) is 0.711. The molecule has 0 bridgehead atoms. The van der Waals surface area contributed by atoms with Gasteiger partial charge < -0.3 is 19.7 Å². The van der Waals surface area contributed by atoms with Crippen molar-refractivity contribution >= 4 is 23.8 Å². The minimum Gasteiger partial charge on any atom is -0.496 e. The van der Waals surface area contributed by atoms with Crippen molar-refractivity contribution in [2.45, 2.75) is 38.3 Å². The maximum absolute atomic E-state index is 12.7. The van der Waals surface area contributed by atoms with E-state index in [2.05, 4.69) is 5.32 Å². The summed E-state index contributed by atoms with van der Waals surface area (Å²) in [6, 6.07) is 5.79. The van der Waals surface area contributed by atoms with Crippen molar-refractivity contribution in [2.75, 3.05) is 27.3 Å². The molecule has 2 fully saturated rings. The summed E-state index contributed by atoms with van der Waals surface area (Å²) in [6.07, 6.45) is 1.71. The van der Waals surface area contributed by atoms with Gasteiger partial charge in [-0.25, -0.2) is 4.79 Å². The highest BCUT2D eigenvalue weighted by Gasteiger charge is 2.40. The van der Waals surface area contributed by atoms with Crippen molar-refractivity contribution in [3.8, 4) is 5.75 Å². The van der Waals surface area contributed by atoms with E-state index in [1.54, 1.807) is 23.1 Å². The number of urea groups is 1. The highest BCUT2D eigenvalue weighted by atomic mass is 16.5. The second-order valence-corrected chi connectivity index (χ2v) is 7.55. The Balaban J connectivity index is 1.54. The molecule has 4 amide bonds. The number of hydrogen-bond donors (Lipinski definition) is 1. The smallest absolute Gasteiger partial charge is 0.325 e. The van der Waals surface area contributed by atoms with Crippen molar-refractivity contribution in [1.29, 1.82) is 0 Å². The molecule has 1 N–H and O–H groups in total. The number of nitrogens with zero attached hydrogens (tertiary/aromatic N) is 2. The first kappa shape index (κ1) is 21.6. The molecule has 9 nitrogen and oxygen atoms in total. The third-order valence-electron chi connectivity index (χ3n) is 5.66. The lowest BCUT2D eigenvalue weighted by molar-refractivity contribution is -0.142. The number of piperidine rings is 1. The van der Waals surface area contributed by atoms with Gasteiger partial charge in [0.25, 0.3) is 5.91 Å². The number of likely N-dealkylation sites (tertiary alicyclic amines) is 1. The van der Waals surface area contributed by atoms with Crippen LogP contribution in [0.1, 0.15) is 31.2 Å². The molecule has 2 heterocycles. The summed E-state index contributed by atoms with van der Waals surface area (Å²) < 4.78 is 9.97. The van der Waals surface area contributed by atoms with E-state index in [0.717, 1.165) is 4.90 Å². The number of esters is 1. The molecule has 0 saturated carbocycles. The molecule has 2 saturated heterocycles. The van der Waals surface area contributed by atoms with Gasteiger partial charge in [0.05, 0.1) is 27.2 Å². The Morgan fingerprint density at radius 3 is 2.47 bits per heavy atom. The summed E-state index contributed by atoms with van der Waals surface area (Å²) in [6.45, 7) is 1.14. The van der Waals surface area contributed by atoms with Crippen LogP contribution in [0.3, 0.4) is 0 Å². The topological polar surface area (TPSA) is 105 Å². The van der Waals surface area contributed by atoms with E-state index >= 15 is 0 Å². The molecular weight excluding hydrogens is 390 g/mol. The van der Waals surface area contributed by atoms with Crippen molar-refractivity contribution in [3.05, 3.63) is 29.8 Å². The number of nitrogens with one attached hydrogen (secondary N) is 1. The lowest BCUT2D eigenvalue weighted by atomic mass is 9.93. The van der Waals surface area contributed by atoms with Gasteiger partial charge in [0.15, 0.2) is 0 Å². The predicted molar refractivity (Wildman–Crippen MR) is 106 cm³/mol. The Bertz CT molecular complexity index is 819. The van der Waals surface area contributed by atoms with Crippen molar-refractivity contribution in [3.63, 3.8) is 0 Å². The number of carbonyl (C=O) groups is 4. The lowest BCUT2D eigenvalue weighted by Gasteiger charge is -2.32. The molecule has 0 aromatic heterocycles. The molecule has 0 spiro atoms. The number of hydrogen-bond acceptors (Lipinski definition) is 6. The molecule has 1 aromatic carbocycles. The van der Waals surface area contributed by atoms with E-state index in [-0.39, 0.29) is 30.8 Å². The number of rotatable bonds is 7. The molecule has 1 aromatic rings. The second-order valence-electron chi connectivity index (χ2n) is 7.55. The third kappa shape index (κ3) is 4.90. The van der Waals surface area contributed by atoms with Crippen molar-refractivity contribution in [1.82, 2.24) is 15.1 Å². The SMILES string of the molecule is COC(=O)CC1CCN(C(=O)C[C@@H]2NC(=O)N(Cc3ccccc3OC)C2=O)CC1. The zero-order valence-electron chi connectivity index (χ0n) is 17.3. The van der Waals surface area contributed by atoms with Crippen LogP contribution in [0.5, 0.6) is 5.75 Å². The zero-order valence-corrected chi connectivity index (χ0v) is 17.3. The fourth-order valence-corrected chi connectivity index (χ4v) is 3.88. The van der Waals surface area contributed by atoms with E-state index < -0.39 is 18.0 Å². The van der Waals surface area contributed by atoms with Gasteiger partial charge in [-0.1, -0.05) is 18.2 Å². The molecule has 9 heteroatoms. The van der Waals surface area contributed by atoms with E-state index in [1.807, 2.05) is 6.07 Å². The Labute approximate surface area is 175 Å². The van der Waals surface area contributed by atoms with Gasteiger partial charge in [-0.3, -0.25) is 19.3 Å². The molecule has 0 radical (unpaired) electrons. The summed E-state index contributed by atoms with van der Waals surface area (Å²) in [4.78, 5) is 51.9. The lowest BCUT2D eigenvalue weighted by Crippen LogP contribution is -2.43. The monoisotopic (exact) mass is 417 g/mol. The third-order valence-corrected chi connectivity index (χ3v) is 5.66. The zero-order chi connectivity index (χ0) is 21.7. The largest absolute Gasteiger partial charge is 0.496 e. The number of benzene rings is 1. The highest BCUT2D eigenvalue weighted by Crippen LogP contribution is 2.24. The second kappa shape index (κ2) is 9.60. The van der Waals surface area contributed by atoms with Gasteiger partial charge in [-0.2, -0.15) is 0 Å². The van der Waals surface area contributed by atoms with E-state index in [0.29, 0.717) is 43.7 Å². The van der Waals surface area contributed by atoms with Gasteiger partial charge in [-0.05, 0) is 24.8 Å². The molecule has 162 valence electrons. The number of ether oxygens (including phenoxy) is 2. The Kier molecular flexibility index (Phi) is 6.91. The molecule has 3 rings (SSSR count). The van der Waals surface area contributed by atoms with Gasteiger partial charge in [0.1, 0.15) is 11.8 Å². The maximum atomic E-state index is 12.7. The van der Waals surface area contributed by atoms with Crippen LogP contribution < -0.4 is 10.1 Å². The van der Waals surface area contributed by atoms with Crippen LogP contribution in [-0.2, 0) is 25.7 Å². The maximum Gasteiger partial charge on any atom is 0.325 e. The number of para-hydroxylation sites is 1. The highest BCUT2D eigenvalue weighted by molar-refractivity contribution is 6.05. The molecular formula is C21H27N3O6. The van der Waals surface area contributed by atoms with Crippen molar-refractivity contribution < 1.29 is 28.7 Å². The normalized spacial score (nSPS) is 19.6. The van der Waals surface area contributed by atoms with E-state index in [9.17, 15) is 19.2 Å². The van der Waals surface area contributed by atoms with Crippen LogP contribution in [0.15, 0.2) is 24.3 Å². The van der Waals surface area contributed by atoms with Crippen LogP contribution in [0.2, 0.25) is 0 Å². The van der Waals surface area contributed by atoms with E-state index in [1.165, 1.54) is 14.2 Å². The standard InChI is InChI=1S/C21H27N3O6/c1-29-17-6-4-3-5-15(17)13-24-20(27)16(22-21(24)28)12-18(25)23-9-7-14(8-10-23)11-19(26)30-2/h3-6,14,16H,7-13H2,1-2H3,(H,22,28)/t16-/m0/s1. The fraction of sp³-hybridized carbons (Fsp3) is 0.524. The van der Waals surface area contributed by atoms with Crippen molar-refractivity contribution in [2.24, 2.45) is 5.92 Å².